The van der Waals surface area contributed by atoms with Gasteiger partial charge in [-0.3, -0.25) is 14.5 Å². The molecule has 0 bridgehead atoms. The Morgan fingerprint density at radius 1 is 1.42 bits per heavy atom. The molecule has 1 aliphatic heterocycles. The molecule has 102 valence electrons. The van der Waals surface area contributed by atoms with E-state index in [0.717, 1.165) is 0 Å². The van der Waals surface area contributed by atoms with Crippen molar-refractivity contribution in [2.75, 3.05) is 11.4 Å². The lowest BCUT2D eigenvalue weighted by Gasteiger charge is -2.32. The highest BCUT2D eigenvalue weighted by Gasteiger charge is 2.32. The Balaban J connectivity index is 2.23. The highest BCUT2D eigenvalue weighted by Crippen LogP contribution is 2.33. The van der Waals surface area contributed by atoms with Crippen LogP contribution < -0.4 is 9.64 Å². The van der Waals surface area contributed by atoms with Crippen molar-refractivity contribution in [3.8, 4) is 5.75 Å². The van der Waals surface area contributed by atoms with Crippen molar-refractivity contribution in [2.24, 2.45) is 0 Å². The molecule has 0 N–H and O–H groups in total. The fourth-order valence-corrected chi connectivity index (χ4v) is 1.95. The molecule has 0 spiro atoms. The summed E-state index contributed by atoms with van der Waals surface area (Å²) in [5.74, 6) is -0.0568. The molecule has 2 rings (SSSR count). The van der Waals surface area contributed by atoms with Gasteiger partial charge in [-0.1, -0.05) is 12.1 Å². The summed E-state index contributed by atoms with van der Waals surface area (Å²) in [7, 11) is 0. The van der Waals surface area contributed by atoms with E-state index in [-0.39, 0.29) is 18.6 Å². The van der Waals surface area contributed by atoms with E-state index in [0.29, 0.717) is 11.4 Å². The average Bonchev–Trinajstić information content (AvgIpc) is 2.34. The molecule has 1 amide bonds. The van der Waals surface area contributed by atoms with Gasteiger partial charge in [-0.15, -0.1) is 0 Å². The van der Waals surface area contributed by atoms with E-state index in [4.69, 9.17) is 9.47 Å². The number of ether oxygens (including phenoxy) is 2. The van der Waals surface area contributed by atoms with Crippen LogP contribution >= 0.6 is 0 Å². The zero-order valence-electron chi connectivity index (χ0n) is 11.3. The first-order valence-corrected chi connectivity index (χ1v) is 6.25. The number of rotatable bonds is 3. The summed E-state index contributed by atoms with van der Waals surface area (Å²) in [6, 6.07) is 7.15. The van der Waals surface area contributed by atoms with Crippen LogP contribution in [0.4, 0.5) is 5.69 Å². The van der Waals surface area contributed by atoms with Gasteiger partial charge in [0.2, 0.25) is 0 Å². The molecule has 0 saturated carbocycles. The molecule has 0 saturated heterocycles. The van der Waals surface area contributed by atoms with Gasteiger partial charge in [-0.05, 0) is 32.9 Å². The largest absolute Gasteiger partial charge is 0.479 e. The van der Waals surface area contributed by atoms with Crippen LogP contribution in [0.1, 0.15) is 20.8 Å². The number of fused-ring (bicyclic) bond motifs is 1. The molecule has 1 aromatic carbocycles. The average molecular weight is 263 g/mol. The minimum absolute atomic E-state index is 0.0955. The molecule has 1 unspecified atom stereocenters. The van der Waals surface area contributed by atoms with Gasteiger partial charge in [0.05, 0.1) is 11.8 Å². The number of hydrogen-bond donors (Lipinski definition) is 0. The maximum atomic E-state index is 12.1. The van der Waals surface area contributed by atoms with Gasteiger partial charge >= 0.3 is 5.97 Å². The molecule has 1 heterocycles. The topological polar surface area (TPSA) is 55.8 Å². The number of carbonyl (C=O) groups excluding carboxylic acids is 2. The van der Waals surface area contributed by atoms with Crippen LogP contribution in [-0.4, -0.2) is 30.6 Å². The fourth-order valence-electron chi connectivity index (χ4n) is 1.95. The second-order valence-corrected chi connectivity index (χ2v) is 4.69. The third-order valence-electron chi connectivity index (χ3n) is 2.73. The third-order valence-corrected chi connectivity index (χ3v) is 2.73. The summed E-state index contributed by atoms with van der Waals surface area (Å²) in [5.41, 5.74) is 0.603. The number of anilines is 1. The van der Waals surface area contributed by atoms with E-state index in [1.54, 1.807) is 39.0 Å². The van der Waals surface area contributed by atoms with Gasteiger partial charge in [-0.25, -0.2) is 0 Å². The van der Waals surface area contributed by atoms with Crippen molar-refractivity contribution in [3.63, 3.8) is 0 Å². The van der Waals surface area contributed by atoms with Gasteiger partial charge in [0.1, 0.15) is 12.3 Å². The summed E-state index contributed by atoms with van der Waals surface area (Å²) < 4.78 is 10.6. The maximum absolute atomic E-state index is 12.1. The number of carbonyl (C=O) groups is 2. The van der Waals surface area contributed by atoms with Crippen molar-refractivity contribution in [1.29, 1.82) is 0 Å². The lowest BCUT2D eigenvalue weighted by Crippen LogP contribution is -2.47. The van der Waals surface area contributed by atoms with Crippen molar-refractivity contribution < 1.29 is 19.1 Å². The van der Waals surface area contributed by atoms with Crippen LogP contribution in [0.25, 0.3) is 0 Å². The van der Waals surface area contributed by atoms with Crippen molar-refractivity contribution in [3.05, 3.63) is 24.3 Å². The number of nitrogens with zero attached hydrogens (tertiary/aromatic N) is 1. The summed E-state index contributed by atoms with van der Waals surface area (Å²) in [5, 5.41) is 0. The molecule has 5 nitrogen and oxygen atoms in total. The van der Waals surface area contributed by atoms with Crippen LogP contribution in [-0.2, 0) is 14.3 Å². The van der Waals surface area contributed by atoms with Crippen LogP contribution in [0.5, 0.6) is 5.75 Å². The summed E-state index contributed by atoms with van der Waals surface area (Å²) >= 11 is 0. The predicted molar refractivity (Wildman–Crippen MR) is 70.1 cm³/mol. The van der Waals surface area contributed by atoms with Crippen LogP contribution in [0.3, 0.4) is 0 Å². The lowest BCUT2D eigenvalue weighted by atomic mass is 10.2. The minimum atomic E-state index is -0.596. The smallest absolute Gasteiger partial charge is 0.326 e. The summed E-state index contributed by atoms with van der Waals surface area (Å²) in [6.07, 6.45) is -0.793. The molecule has 0 fully saturated rings. The first-order chi connectivity index (χ1) is 8.99. The molecule has 1 aromatic rings. The minimum Gasteiger partial charge on any atom is -0.479 e. The standard InChI is InChI=1S/C14H17NO4/c1-9(2)18-13(16)8-15-11-6-4-5-7-12(11)19-10(3)14(15)17/h4-7,9-10H,8H2,1-3H3. The number of amides is 1. The highest BCUT2D eigenvalue weighted by molar-refractivity contribution is 6.02. The molecule has 0 aromatic heterocycles. The molecular formula is C14H17NO4. The fraction of sp³-hybridized carbons (Fsp3) is 0.429. The summed E-state index contributed by atoms with van der Waals surface area (Å²) in [6.45, 7) is 5.12. The molecule has 1 atom stereocenters. The van der Waals surface area contributed by atoms with Gasteiger partial charge < -0.3 is 9.47 Å². The number of hydrogen-bond acceptors (Lipinski definition) is 4. The molecule has 19 heavy (non-hydrogen) atoms. The quantitative estimate of drug-likeness (QED) is 0.780. The Morgan fingerprint density at radius 3 is 2.79 bits per heavy atom. The van der Waals surface area contributed by atoms with E-state index in [1.807, 2.05) is 6.07 Å². The highest BCUT2D eigenvalue weighted by atomic mass is 16.5. The predicted octanol–water partition coefficient (Wildman–Crippen LogP) is 1.75. The van der Waals surface area contributed by atoms with Gasteiger partial charge in [0.15, 0.2) is 6.10 Å². The van der Waals surface area contributed by atoms with Gasteiger partial charge in [-0.2, -0.15) is 0 Å². The molecule has 5 heteroatoms. The first kappa shape index (κ1) is 13.4. The molecule has 0 aliphatic carbocycles. The Hall–Kier alpha value is -2.04. The zero-order chi connectivity index (χ0) is 14.0. The van der Waals surface area contributed by atoms with E-state index >= 15 is 0 Å². The Labute approximate surface area is 112 Å². The Morgan fingerprint density at radius 2 is 2.11 bits per heavy atom. The monoisotopic (exact) mass is 263 g/mol. The number of para-hydroxylation sites is 2. The van der Waals surface area contributed by atoms with Crippen LogP contribution in [0.2, 0.25) is 0 Å². The second kappa shape index (κ2) is 5.30. The Kier molecular flexibility index (Phi) is 3.74. The normalized spacial score (nSPS) is 18.0. The lowest BCUT2D eigenvalue weighted by molar-refractivity contribution is -0.146. The zero-order valence-corrected chi connectivity index (χ0v) is 11.3. The van der Waals surface area contributed by atoms with Crippen molar-refractivity contribution in [2.45, 2.75) is 33.0 Å². The Bertz CT molecular complexity index is 498. The van der Waals surface area contributed by atoms with E-state index in [9.17, 15) is 9.59 Å². The van der Waals surface area contributed by atoms with E-state index in [2.05, 4.69) is 0 Å². The molecule has 0 radical (unpaired) electrons. The maximum Gasteiger partial charge on any atom is 0.326 e. The van der Waals surface area contributed by atoms with Gasteiger partial charge in [0.25, 0.3) is 5.91 Å². The van der Waals surface area contributed by atoms with Gasteiger partial charge in [0, 0.05) is 0 Å². The van der Waals surface area contributed by atoms with Crippen molar-refractivity contribution in [1.82, 2.24) is 0 Å². The molecule has 1 aliphatic rings. The van der Waals surface area contributed by atoms with Crippen molar-refractivity contribution >= 4 is 17.6 Å². The van der Waals surface area contributed by atoms with Crippen LogP contribution in [0, 0.1) is 0 Å². The van der Waals surface area contributed by atoms with E-state index in [1.165, 1.54) is 4.90 Å². The second-order valence-electron chi connectivity index (χ2n) is 4.69. The number of esters is 1. The van der Waals surface area contributed by atoms with E-state index < -0.39 is 12.1 Å². The third kappa shape index (κ3) is 2.86. The molecular weight excluding hydrogens is 246 g/mol. The first-order valence-electron chi connectivity index (χ1n) is 6.25. The summed E-state index contributed by atoms with van der Waals surface area (Å²) in [4.78, 5) is 25.2. The SMILES string of the molecule is CC(C)OC(=O)CN1C(=O)C(C)Oc2ccccc21. The number of benzene rings is 1. The van der Waals surface area contributed by atoms with Crippen LogP contribution in [0.15, 0.2) is 24.3 Å².